The summed E-state index contributed by atoms with van der Waals surface area (Å²) in [7, 11) is 0. The van der Waals surface area contributed by atoms with Gasteiger partial charge in [0.15, 0.2) is 0 Å². The number of aliphatic hydroxyl groups is 2. The smallest absolute Gasteiger partial charge is 0.0586 e. The molecule has 0 bridgehead atoms. The molecule has 1 saturated heterocycles. The summed E-state index contributed by atoms with van der Waals surface area (Å²) in [5, 5.41) is 18.2. The molecule has 1 aliphatic heterocycles. The summed E-state index contributed by atoms with van der Waals surface area (Å²) in [5.74, 6) is 0. The minimum Gasteiger partial charge on any atom is -0.396 e. The first-order chi connectivity index (χ1) is 6.09. The summed E-state index contributed by atoms with van der Waals surface area (Å²) in [6.45, 7) is 6.52. The van der Waals surface area contributed by atoms with E-state index in [4.69, 9.17) is 10.2 Å². The van der Waals surface area contributed by atoms with Crippen LogP contribution in [0.15, 0.2) is 0 Å². The molecule has 0 aromatic heterocycles. The summed E-state index contributed by atoms with van der Waals surface area (Å²) in [6.07, 6.45) is 2.27. The molecular formula is C10H21NO2. The molecule has 0 radical (unpaired) electrons. The Morgan fingerprint density at radius 2 is 2.08 bits per heavy atom. The van der Waals surface area contributed by atoms with Crippen molar-refractivity contribution in [3.63, 3.8) is 0 Å². The molecule has 78 valence electrons. The van der Waals surface area contributed by atoms with E-state index in [2.05, 4.69) is 18.7 Å². The number of hydrogen-bond donors (Lipinski definition) is 2. The molecule has 13 heavy (non-hydrogen) atoms. The van der Waals surface area contributed by atoms with Crippen molar-refractivity contribution in [2.45, 2.75) is 32.7 Å². The monoisotopic (exact) mass is 187 g/mol. The van der Waals surface area contributed by atoms with Crippen molar-refractivity contribution in [1.29, 1.82) is 0 Å². The van der Waals surface area contributed by atoms with Crippen molar-refractivity contribution < 1.29 is 10.2 Å². The predicted molar refractivity (Wildman–Crippen MR) is 52.5 cm³/mol. The third kappa shape index (κ3) is 2.93. The van der Waals surface area contributed by atoms with Gasteiger partial charge in [0.05, 0.1) is 6.61 Å². The number of hydrogen-bond acceptors (Lipinski definition) is 3. The third-order valence-electron chi connectivity index (χ3n) is 2.77. The van der Waals surface area contributed by atoms with Gasteiger partial charge in [-0.25, -0.2) is 0 Å². The van der Waals surface area contributed by atoms with Crippen LogP contribution in [0.1, 0.15) is 26.7 Å². The van der Waals surface area contributed by atoms with Gasteiger partial charge in [0.1, 0.15) is 0 Å². The van der Waals surface area contributed by atoms with Crippen LogP contribution in [-0.4, -0.2) is 47.5 Å². The Bertz CT molecular complexity index is 159. The standard InChI is InChI=1S/C10H21NO2/c1-10(2,8-13)7-11-5-3-4-9(11)6-12/h9,12-13H,3-8H2,1-2H3. The maximum atomic E-state index is 9.12. The van der Waals surface area contributed by atoms with Crippen LogP contribution in [0, 0.1) is 5.41 Å². The molecule has 0 saturated carbocycles. The highest BCUT2D eigenvalue weighted by Gasteiger charge is 2.29. The average Bonchev–Trinajstić information content (AvgIpc) is 2.51. The number of rotatable bonds is 4. The van der Waals surface area contributed by atoms with E-state index in [9.17, 15) is 0 Å². The van der Waals surface area contributed by atoms with E-state index in [1.54, 1.807) is 0 Å². The van der Waals surface area contributed by atoms with Crippen LogP contribution in [0.3, 0.4) is 0 Å². The first-order valence-corrected chi connectivity index (χ1v) is 5.05. The summed E-state index contributed by atoms with van der Waals surface area (Å²) >= 11 is 0. The Labute approximate surface area is 80.4 Å². The summed E-state index contributed by atoms with van der Waals surface area (Å²) in [4.78, 5) is 2.29. The van der Waals surface area contributed by atoms with E-state index in [0.29, 0.717) is 6.04 Å². The van der Waals surface area contributed by atoms with Gasteiger partial charge in [-0.1, -0.05) is 13.8 Å². The minimum absolute atomic E-state index is 0.0439. The quantitative estimate of drug-likeness (QED) is 0.672. The van der Waals surface area contributed by atoms with E-state index in [-0.39, 0.29) is 18.6 Å². The lowest BCUT2D eigenvalue weighted by Crippen LogP contribution is -2.40. The van der Waals surface area contributed by atoms with Gasteiger partial charge in [-0.2, -0.15) is 0 Å². The first-order valence-electron chi connectivity index (χ1n) is 5.05. The van der Waals surface area contributed by atoms with E-state index in [0.717, 1.165) is 19.5 Å². The molecule has 2 N–H and O–H groups in total. The normalized spacial score (nSPS) is 25.4. The highest BCUT2D eigenvalue weighted by molar-refractivity contribution is 4.83. The van der Waals surface area contributed by atoms with Gasteiger partial charge >= 0.3 is 0 Å². The van der Waals surface area contributed by atoms with Crippen LogP contribution in [0.25, 0.3) is 0 Å². The van der Waals surface area contributed by atoms with Gasteiger partial charge in [-0.15, -0.1) is 0 Å². The third-order valence-corrected chi connectivity index (χ3v) is 2.77. The molecule has 1 unspecified atom stereocenters. The number of likely N-dealkylation sites (tertiary alicyclic amines) is 1. The van der Waals surface area contributed by atoms with E-state index >= 15 is 0 Å². The molecule has 0 spiro atoms. The van der Waals surface area contributed by atoms with Crippen LogP contribution in [-0.2, 0) is 0 Å². The fourth-order valence-electron chi connectivity index (χ4n) is 1.91. The molecule has 1 atom stereocenters. The van der Waals surface area contributed by atoms with Crippen molar-refractivity contribution in [1.82, 2.24) is 4.90 Å². The van der Waals surface area contributed by atoms with Gasteiger partial charge in [0.2, 0.25) is 0 Å². The number of nitrogens with zero attached hydrogens (tertiary/aromatic N) is 1. The minimum atomic E-state index is -0.0439. The highest BCUT2D eigenvalue weighted by Crippen LogP contribution is 2.23. The van der Waals surface area contributed by atoms with Crippen molar-refractivity contribution in [2.24, 2.45) is 5.41 Å². The molecule has 1 rings (SSSR count). The van der Waals surface area contributed by atoms with Crippen molar-refractivity contribution in [2.75, 3.05) is 26.3 Å². The van der Waals surface area contributed by atoms with Gasteiger partial charge < -0.3 is 10.2 Å². The summed E-state index contributed by atoms with van der Waals surface area (Å²) in [5.41, 5.74) is -0.0439. The molecule has 3 nitrogen and oxygen atoms in total. The Hall–Kier alpha value is -0.120. The summed E-state index contributed by atoms with van der Waals surface area (Å²) < 4.78 is 0. The van der Waals surface area contributed by atoms with E-state index < -0.39 is 0 Å². The van der Waals surface area contributed by atoms with Crippen molar-refractivity contribution in [3.05, 3.63) is 0 Å². The molecule has 1 aliphatic rings. The van der Waals surface area contributed by atoms with Gasteiger partial charge in [-0.05, 0) is 19.4 Å². The van der Waals surface area contributed by atoms with Gasteiger partial charge in [-0.3, -0.25) is 4.90 Å². The maximum absolute atomic E-state index is 9.12. The SMILES string of the molecule is CC(C)(CO)CN1CCCC1CO. The Kier molecular flexibility index (Phi) is 3.71. The van der Waals surface area contributed by atoms with Crippen molar-refractivity contribution >= 4 is 0 Å². The first kappa shape index (κ1) is 11.0. The van der Waals surface area contributed by atoms with Crippen LogP contribution in [0.4, 0.5) is 0 Å². The zero-order valence-corrected chi connectivity index (χ0v) is 8.66. The second-order valence-corrected chi connectivity index (χ2v) is 4.77. The molecular weight excluding hydrogens is 166 g/mol. The van der Waals surface area contributed by atoms with Crippen molar-refractivity contribution in [3.8, 4) is 0 Å². The lowest BCUT2D eigenvalue weighted by Gasteiger charge is -2.31. The Balaban J connectivity index is 2.43. The molecule has 0 amide bonds. The van der Waals surface area contributed by atoms with Crippen LogP contribution in [0.5, 0.6) is 0 Å². The maximum Gasteiger partial charge on any atom is 0.0586 e. The van der Waals surface area contributed by atoms with Crippen LogP contribution >= 0.6 is 0 Å². The van der Waals surface area contributed by atoms with Gasteiger partial charge in [0, 0.05) is 24.6 Å². The molecule has 1 fully saturated rings. The van der Waals surface area contributed by atoms with Gasteiger partial charge in [0.25, 0.3) is 0 Å². The summed E-state index contributed by atoms with van der Waals surface area (Å²) in [6, 6.07) is 0.325. The lowest BCUT2D eigenvalue weighted by atomic mass is 9.94. The zero-order chi connectivity index (χ0) is 9.90. The Morgan fingerprint density at radius 1 is 1.38 bits per heavy atom. The largest absolute Gasteiger partial charge is 0.396 e. The lowest BCUT2D eigenvalue weighted by molar-refractivity contribution is 0.0776. The second kappa shape index (κ2) is 4.40. The molecule has 3 heteroatoms. The Morgan fingerprint density at radius 3 is 2.62 bits per heavy atom. The number of aliphatic hydroxyl groups excluding tert-OH is 2. The zero-order valence-electron chi connectivity index (χ0n) is 8.66. The molecule has 1 heterocycles. The average molecular weight is 187 g/mol. The predicted octanol–water partition coefficient (Wildman–Crippen LogP) is 0.462. The highest BCUT2D eigenvalue weighted by atomic mass is 16.3. The molecule has 0 aliphatic carbocycles. The van der Waals surface area contributed by atoms with Crippen LogP contribution in [0.2, 0.25) is 0 Å². The fraction of sp³-hybridized carbons (Fsp3) is 1.00. The molecule has 0 aromatic rings. The van der Waals surface area contributed by atoms with Crippen LogP contribution < -0.4 is 0 Å². The topological polar surface area (TPSA) is 43.7 Å². The van der Waals surface area contributed by atoms with E-state index in [1.807, 2.05) is 0 Å². The molecule has 0 aromatic carbocycles. The fourth-order valence-corrected chi connectivity index (χ4v) is 1.91. The second-order valence-electron chi connectivity index (χ2n) is 4.77. The van der Waals surface area contributed by atoms with E-state index in [1.165, 1.54) is 6.42 Å².